The van der Waals surface area contributed by atoms with Crippen LogP contribution in [0.25, 0.3) is 0 Å². The maximum atomic E-state index is 11.3. The van der Waals surface area contributed by atoms with Crippen molar-refractivity contribution in [3.63, 3.8) is 0 Å². The Labute approximate surface area is 67.3 Å². The van der Waals surface area contributed by atoms with Gasteiger partial charge in [0.25, 0.3) is 0 Å². The molecule has 3 heteroatoms. The van der Waals surface area contributed by atoms with E-state index >= 15 is 0 Å². The Balaban J connectivity index is 2.39. The van der Waals surface area contributed by atoms with E-state index < -0.39 is 0 Å². The number of carbonyl (C=O) groups is 1. The Morgan fingerprint density at radius 2 is 2.36 bits per heavy atom. The molecule has 64 valence electrons. The molecule has 1 saturated carbocycles. The van der Waals surface area contributed by atoms with Gasteiger partial charge in [-0.15, -0.1) is 0 Å². The van der Waals surface area contributed by atoms with Gasteiger partial charge in [-0.05, 0) is 19.8 Å². The second-order valence-electron chi connectivity index (χ2n) is 3.10. The lowest BCUT2D eigenvalue weighted by atomic mass is 10.0. The quantitative estimate of drug-likeness (QED) is 0.602. The Morgan fingerprint density at radius 1 is 1.64 bits per heavy atom. The molecule has 1 aliphatic carbocycles. The summed E-state index contributed by atoms with van der Waals surface area (Å²) in [4.78, 5) is 11.3. The van der Waals surface area contributed by atoms with Crippen LogP contribution >= 0.6 is 0 Å². The zero-order valence-corrected chi connectivity index (χ0v) is 6.97. The highest BCUT2D eigenvalue weighted by atomic mass is 16.1. The molecule has 1 amide bonds. The number of nitrogens with two attached hydrogens (primary N) is 1. The lowest BCUT2D eigenvalue weighted by Gasteiger charge is -2.13. The lowest BCUT2D eigenvalue weighted by molar-refractivity contribution is -0.125. The SMILES string of the molecule is CCNC(=O)C1CCCC1N. The van der Waals surface area contributed by atoms with Crippen LogP contribution in [0, 0.1) is 5.92 Å². The molecule has 0 spiro atoms. The predicted molar refractivity (Wildman–Crippen MR) is 44.0 cm³/mol. The minimum atomic E-state index is 0.0787. The third-order valence-corrected chi connectivity index (χ3v) is 2.26. The maximum absolute atomic E-state index is 11.3. The van der Waals surface area contributed by atoms with E-state index in [1.807, 2.05) is 6.92 Å². The second kappa shape index (κ2) is 3.72. The van der Waals surface area contributed by atoms with Crippen molar-refractivity contribution >= 4 is 5.91 Å². The number of nitrogens with one attached hydrogen (secondary N) is 1. The van der Waals surface area contributed by atoms with Crippen LogP contribution in [-0.4, -0.2) is 18.5 Å². The summed E-state index contributed by atoms with van der Waals surface area (Å²) in [6.45, 7) is 2.64. The van der Waals surface area contributed by atoms with Crippen molar-refractivity contribution in [1.82, 2.24) is 5.32 Å². The van der Waals surface area contributed by atoms with E-state index in [1.165, 1.54) is 0 Å². The highest BCUT2D eigenvalue weighted by molar-refractivity contribution is 5.79. The van der Waals surface area contributed by atoms with Crippen molar-refractivity contribution in [3.05, 3.63) is 0 Å². The summed E-state index contributed by atoms with van der Waals surface area (Å²) in [5.41, 5.74) is 5.75. The summed E-state index contributed by atoms with van der Waals surface area (Å²) >= 11 is 0. The van der Waals surface area contributed by atoms with Gasteiger partial charge in [0, 0.05) is 12.6 Å². The third-order valence-electron chi connectivity index (χ3n) is 2.26. The fourth-order valence-corrected chi connectivity index (χ4v) is 1.62. The van der Waals surface area contributed by atoms with Crippen LogP contribution in [0.1, 0.15) is 26.2 Å². The zero-order chi connectivity index (χ0) is 8.27. The molecule has 1 rings (SSSR count). The van der Waals surface area contributed by atoms with E-state index in [4.69, 9.17) is 5.73 Å². The summed E-state index contributed by atoms with van der Waals surface area (Å²) in [6, 6.07) is 0.0987. The molecule has 0 bridgehead atoms. The maximum Gasteiger partial charge on any atom is 0.224 e. The topological polar surface area (TPSA) is 55.1 Å². The van der Waals surface area contributed by atoms with Gasteiger partial charge in [0.2, 0.25) is 5.91 Å². The average Bonchev–Trinajstić information content (AvgIpc) is 2.36. The van der Waals surface area contributed by atoms with Gasteiger partial charge < -0.3 is 11.1 Å². The second-order valence-corrected chi connectivity index (χ2v) is 3.10. The normalized spacial score (nSPS) is 30.4. The van der Waals surface area contributed by atoms with Crippen LogP contribution in [0.2, 0.25) is 0 Å². The molecule has 2 unspecified atom stereocenters. The zero-order valence-electron chi connectivity index (χ0n) is 6.97. The summed E-state index contributed by atoms with van der Waals surface area (Å²) in [7, 11) is 0. The van der Waals surface area contributed by atoms with Crippen molar-refractivity contribution in [2.45, 2.75) is 32.2 Å². The molecular formula is C8H16N2O. The Hall–Kier alpha value is -0.570. The fourth-order valence-electron chi connectivity index (χ4n) is 1.62. The first-order chi connectivity index (χ1) is 5.25. The molecule has 0 aromatic carbocycles. The summed E-state index contributed by atoms with van der Waals surface area (Å²) < 4.78 is 0. The van der Waals surface area contributed by atoms with E-state index in [0.29, 0.717) is 6.54 Å². The molecule has 0 aromatic heterocycles. The van der Waals surface area contributed by atoms with E-state index in [9.17, 15) is 4.79 Å². The molecule has 3 N–H and O–H groups in total. The largest absolute Gasteiger partial charge is 0.356 e. The van der Waals surface area contributed by atoms with E-state index in [-0.39, 0.29) is 17.9 Å². The summed E-state index contributed by atoms with van der Waals surface area (Å²) in [5.74, 6) is 0.215. The minimum absolute atomic E-state index is 0.0787. The van der Waals surface area contributed by atoms with Crippen LogP contribution in [0.5, 0.6) is 0 Å². The Morgan fingerprint density at radius 3 is 2.82 bits per heavy atom. The molecule has 1 aliphatic rings. The highest BCUT2D eigenvalue weighted by Crippen LogP contribution is 2.23. The van der Waals surface area contributed by atoms with E-state index in [1.54, 1.807) is 0 Å². The van der Waals surface area contributed by atoms with Crippen LogP contribution in [-0.2, 0) is 4.79 Å². The first kappa shape index (κ1) is 8.53. The van der Waals surface area contributed by atoms with E-state index in [2.05, 4.69) is 5.32 Å². The number of carbonyl (C=O) groups excluding carboxylic acids is 1. The van der Waals surface area contributed by atoms with Gasteiger partial charge >= 0.3 is 0 Å². The first-order valence-electron chi connectivity index (χ1n) is 4.29. The standard InChI is InChI=1S/C8H16N2O/c1-2-10-8(11)6-4-3-5-7(6)9/h6-7H,2-5,9H2,1H3,(H,10,11). The average molecular weight is 156 g/mol. The fraction of sp³-hybridized carbons (Fsp3) is 0.875. The number of hydrogen-bond acceptors (Lipinski definition) is 2. The van der Waals surface area contributed by atoms with Crippen LogP contribution in [0.3, 0.4) is 0 Å². The molecule has 0 aromatic rings. The van der Waals surface area contributed by atoms with Crippen molar-refractivity contribution in [1.29, 1.82) is 0 Å². The number of amides is 1. The molecule has 0 aliphatic heterocycles. The Bertz CT molecular complexity index is 147. The molecule has 3 nitrogen and oxygen atoms in total. The molecule has 1 fully saturated rings. The van der Waals surface area contributed by atoms with Gasteiger partial charge in [-0.2, -0.15) is 0 Å². The van der Waals surface area contributed by atoms with Gasteiger partial charge in [0.1, 0.15) is 0 Å². The minimum Gasteiger partial charge on any atom is -0.356 e. The van der Waals surface area contributed by atoms with Crippen molar-refractivity contribution in [2.24, 2.45) is 11.7 Å². The van der Waals surface area contributed by atoms with Crippen LogP contribution in [0.4, 0.5) is 0 Å². The van der Waals surface area contributed by atoms with Crippen LogP contribution in [0.15, 0.2) is 0 Å². The highest BCUT2D eigenvalue weighted by Gasteiger charge is 2.29. The summed E-state index contributed by atoms with van der Waals surface area (Å²) in [6.07, 6.45) is 3.07. The molecule has 0 heterocycles. The molecule has 11 heavy (non-hydrogen) atoms. The third kappa shape index (κ3) is 1.93. The lowest BCUT2D eigenvalue weighted by Crippen LogP contribution is -2.38. The first-order valence-corrected chi connectivity index (χ1v) is 4.29. The van der Waals surface area contributed by atoms with Crippen molar-refractivity contribution in [3.8, 4) is 0 Å². The monoisotopic (exact) mass is 156 g/mol. The number of hydrogen-bond donors (Lipinski definition) is 2. The molecule has 2 atom stereocenters. The summed E-state index contributed by atoms with van der Waals surface area (Å²) in [5, 5.41) is 2.80. The van der Waals surface area contributed by atoms with Gasteiger partial charge in [-0.3, -0.25) is 4.79 Å². The molecule has 0 radical (unpaired) electrons. The van der Waals surface area contributed by atoms with Gasteiger partial charge in [-0.1, -0.05) is 6.42 Å². The van der Waals surface area contributed by atoms with Crippen molar-refractivity contribution < 1.29 is 4.79 Å². The smallest absolute Gasteiger partial charge is 0.224 e. The molecule has 0 saturated heterocycles. The van der Waals surface area contributed by atoms with Crippen LogP contribution < -0.4 is 11.1 Å². The van der Waals surface area contributed by atoms with Gasteiger partial charge in [0.15, 0.2) is 0 Å². The number of rotatable bonds is 2. The molecular weight excluding hydrogens is 140 g/mol. The predicted octanol–water partition coefficient (Wildman–Crippen LogP) is 0.250. The van der Waals surface area contributed by atoms with Gasteiger partial charge in [-0.25, -0.2) is 0 Å². The van der Waals surface area contributed by atoms with E-state index in [0.717, 1.165) is 19.3 Å². The Kier molecular flexibility index (Phi) is 2.88. The van der Waals surface area contributed by atoms with Crippen molar-refractivity contribution in [2.75, 3.05) is 6.54 Å². The van der Waals surface area contributed by atoms with Gasteiger partial charge in [0.05, 0.1) is 5.92 Å².